The summed E-state index contributed by atoms with van der Waals surface area (Å²) in [7, 11) is 0. The van der Waals surface area contributed by atoms with E-state index in [1.165, 1.54) is 11.1 Å². The van der Waals surface area contributed by atoms with Crippen LogP contribution in [0.15, 0.2) is 53.6 Å². The van der Waals surface area contributed by atoms with Gasteiger partial charge in [-0.25, -0.2) is 15.0 Å². The van der Waals surface area contributed by atoms with Crippen molar-refractivity contribution in [1.29, 1.82) is 0 Å². The highest BCUT2D eigenvalue weighted by atomic mass is 32.1. The average molecular weight is 317 g/mol. The summed E-state index contributed by atoms with van der Waals surface area (Å²) in [4.78, 5) is 13.3. The molecule has 0 unspecified atom stereocenters. The summed E-state index contributed by atoms with van der Waals surface area (Å²) in [6, 6.07) is 12.8. The zero-order valence-corrected chi connectivity index (χ0v) is 13.8. The molecule has 23 heavy (non-hydrogen) atoms. The molecule has 2 heterocycles. The topological polar surface area (TPSA) is 38.7 Å². The van der Waals surface area contributed by atoms with Gasteiger partial charge in [0.2, 0.25) is 0 Å². The Balaban J connectivity index is 1.91. The Hall–Kier alpha value is -2.59. The van der Waals surface area contributed by atoms with Gasteiger partial charge in [-0.2, -0.15) is 0 Å². The van der Waals surface area contributed by atoms with Crippen molar-refractivity contribution in [2.45, 2.75) is 13.8 Å². The van der Waals surface area contributed by atoms with Crippen molar-refractivity contribution in [1.82, 2.24) is 15.0 Å². The predicted molar refractivity (Wildman–Crippen MR) is 95.6 cm³/mol. The van der Waals surface area contributed by atoms with Gasteiger partial charge >= 0.3 is 0 Å². The Morgan fingerprint density at radius 1 is 0.826 bits per heavy atom. The lowest BCUT2D eigenvalue weighted by molar-refractivity contribution is 1.22. The lowest BCUT2D eigenvalue weighted by atomic mass is 10.0. The number of fused-ring (bicyclic) bond motifs is 1. The van der Waals surface area contributed by atoms with Crippen molar-refractivity contribution >= 4 is 22.2 Å². The van der Waals surface area contributed by atoms with Gasteiger partial charge in [-0.3, -0.25) is 0 Å². The quantitative estimate of drug-likeness (QED) is 0.520. The lowest BCUT2D eigenvalue weighted by Gasteiger charge is -2.08. The molecule has 0 N–H and O–H groups in total. The maximum absolute atomic E-state index is 4.53. The number of aryl methyl sites for hydroxylation is 2. The smallest absolute Gasteiger partial charge is 0.116 e. The van der Waals surface area contributed by atoms with Crippen LogP contribution in [0.3, 0.4) is 0 Å². The van der Waals surface area contributed by atoms with Crippen LogP contribution in [-0.4, -0.2) is 15.0 Å². The van der Waals surface area contributed by atoms with Gasteiger partial charge in [0, 0.05) is 21.9 Å². The van der Waals surface area contributed by atoms with Crippen LogP contribution >= 0.6 is 11.3 Å². The van der Waals surface area contributed by atoms with Crippen LogP contribution in [0, 0.1) is 13.8 Å². The summed E-state index contributed by atoms with van der Waals surface area (Å²) in [5.74, 6) is 0. The second-order valence-electron chi connectivity index (χ2n) is 5.70. The van der Waals surface area contributed by atoms with Gasteiger partial charge in [-0.15, -0.1) is 11.3 Å². The fourth-order valence-corrected chi connectivity index (χ4v) is 3.47. The van der Waals surface area contributed by atoms with E-state index in [-0.39, 0.29) is 0 Å². The minimum atomic E-state index is 0.944. The van der Waals surface area contributed by atoms with Crippen molar-refractivity contribution in [3.8, 4) is 22.5 Å². The highest BCUT2D eigenvalue weighted by Crippen LogP contribution is 2.30. The van der Waals surface area contributed by atoms with Crippen LogP contribution in [0.4, 0.5) is 0 Å². The number of hydrogen-bond donors (Lipinski definition) is 0. The SMILES string of the molecule is Cc1cc(C)cc(-c2ncnc3cc(-c4cscn4)ccc23)c1. The van der Waals surface area contributed by atoms with Crippen LogP contribution in [0.5, 0.6) is 0 Å². The fourth-order valence-electron chi connectivity index (χ4n) is 2.91. The maximum atomic E-state index is 4.53. The first kappa shape index (κ1) is 14.0. The van der Waals surface area contributed by atoms with Crippen LogP contribution < -0.4 is 0 Å². The van der Waals surface area contributed by atoms with Crippen LogP contribution in [0.1, 0.15) is 11.1 Å². The van der Waals surface area contributed by atoms with E-state index in [9.17, 15) is 0 Å². The molecule has 0 aliphatic carbocycles. The normalized spacial score (nSPS) is 11.0. The highest BCUT2D eigenvalue weighted by molar-refractivity contribution is 7.07. The Kier molecular flexibility index (Phi) is 3.39. The maximum Gasteiger partial charge on any atom is 0.116 e. The van der Waals surface area contributed by atoms with Crippen molar-refractivity contribution in [3.63, 3.8) is 0 Å². The minimum Gasteiger partial charge on any atom is -0.245 e. The number of hydrogen-bond acceptors (Lipinski definition) is 4. The standard InChI is InChI=1S/C19H15N3S/c1-12-5-13(2)7-15(6-12)19-16-4-3-14(18-9-23-11-22-18)8-17(16)20-10-21-19/h3-11H,1-2H3. The van der Waals surface area contributed by atoms with Gasteiger partial charge in [0.05, 0.1) is 22.4 Å². The first-order valence-electron chi connectivity index (χ1n) is 7.43. The Morgan fingerprint density at radius 2 is 1.65 bits per heavy atom. The monoisotopic (exact) mass is 317 g/mol. The van der Waals surface area contributed by atoms with Crippen molar-refractivity contribution < 1.29 is 0 Å². The van der Waals surface area contributed by atoms with Crippen molar-refractivity contribution in [3.05, 3.63) is 64.7 Å². The third-order valence-corrected chi connectivity index (χ3v) is 4.45. The van der Waals surface area contributed by atoms with E-state index in [4.69, 9.17) is 0 Å². The highest BCUT2D eigenvalue weighted by Gasteiger charge is 2.09. The zero-order valence-electron chi connectivity index (χ0n) is 12.9. The Bertz CT molecular complexity index is 971. The van der Waals surface area contributed by atoms with E-state index in [0.717, 1.165) is 33.4 Å². The average Bonchev–Trinajstić information content (AvgIpc) is 3.07. The van der Waals surface area contributed by atoms with E-state index < -0.39 is 0 Å². The van der Waals surface area contributed by atoms with Crippen LogP contribution in [0.2, 0.25) is 0 Å². The Morgan fingerprint density at radius 3 is 2.39 bits per heavy atom. The molecule has 0 saturated carbocycles. The van der Waals surface area contributed by atoms with E-state index in [0.29, 0.717) is 0 Å². The fraction of sp³-hybridized carbons (Fsp3) is 0.105. The molecular weight excluding hydrogens is 302 g/mol. The first-order valence-corrected chi connectivity index (χ1v) is 8.37. The van der Waals surface area contributed by atoms with Crippen LogP contribution in [0.25, 0.3) is 33.4 Å². The Labute approximate surface area is 138 Å². The van der Waals surface area contributed by atoms with E-state index in [2.05, 4.69) is 65.2 Å². The molecule has 2 aromatic heterocycles. The summed E-state index contributed by atoms with van der Waals surface area (Å²) in [5.41, 5.74) is 9.46. The molecule has 4 aromatic rings. The second-order valence-corrected chi connectivity index (χ2v) is 6.42. The molecule has 0 spiro atoms. The third kappa shape index (κ3) is 2.62. The molecule has 0 fully saturated rings. The van der Waals surface area contributed by atoms with Gasteiger partial charge in [-0.1, -0.05) is 23.3 Å². The summed E-state index contributed by atoms with van der Waals surface area (Å²) >= 11 is 1.60. The number of nitrogens with zero attached hydrogens (tertiary/aromatic N) is 3. The molecule has 0 atom stereocenters. The molecule has 0 amide bonds. The van der Waals surface area contributed by atoms with Gasteiger partial charge in [0.15, 0.2) is 0 Å². The molecule has 112 valence electrons. The number of thiazole rings is 1. The molecule has 0 aliphatic rings. The molecule has 4 heteroatoms. The van der Waals surface area contributed by atoms with Gasteiger partial charge in [0.25, 0.3) is 0 Å². The predicted octanol–water partition coefficient (Wildman–Crippen LogP) is 5.04. The molecule has 0 aliphatic heterocycles. The summed E-state index contributed by atoms with van der Waals surface area (Å²) in [5, 5.41) is 3.11. The minimum absolute atomic E-state index is 0.944. The molecule has 0 saturated heterocycles. The van der Waals surface area contributed by atoms with Gasteiger partial charge in [0.1, 0.15) is 6.33 Å². The van der Waals surface area contributed by atoms with E-state index in [1.807, 2.05) is 10.9 Å². The summed E-state index contributed by atoms with van der Waals surface area (Å²) in [6.45, 7) is 4.22. The van der Waals surface area contributed by atoms with Gasteiger partial charge in [-0.05, 0) is 38.1 Å². The van der Waals surface area contributed by atoms with Crippen molar-refractivity contribution in [2.24, 2.45) is 0 Å². The zero-order chi connectivity index (χ0) is 15.8. The third-order valence-electron chi connectivity index (χ3n) is 3.86. The lowest BCUT2D eigenvalue weighted by Crippen LogP contribution is -1.91. The van der Waals surface area contributed by atoms with Gasteiger partial charge < -0.3 is 0 Å². The van der Waals surface area contributed by atoms with E-state index in [1.54, 1.807) is 17.7 Å². The van der Waals surface area contributed by atoms with E-state index >= 15 is 0 Å². The molecule has 3 nitrogen and oxygen atoms in total. The molecule has 2 aromatic carbocycles. The largest absolute Gasteiger partial charge is 0.245 e. The summed E-state index contributed by atoms with van der Waals surface area (Å²) < 4.78 is 0. The van der Waals surface area contributed by atoms with Crippen LogP contribution in [-0.2, 0) is 0 Å². The first-order chi connectivity index (χ1) is 11.2. The summed E-state index contributed by atoms with van der Waals surface area (Å²) in [6.07, 6.45) is 1.64. The number of rotatable bonds is 2. The molecule has 0 bridgehead atoms. The number of aromatic nitrogens is 3. The molecule has 0 radical (unpaired) electrons. The molecule has 4 rings (SSSR count). The van der Waals surface area contributed by atoms with Crippen molar-refractivity contribution in [2.75, 3.05) is 0 Å². The molecular formula is C19H15N3S. The second kappa shape index (κ2) is 5.56. The number of benzene rings is 2.